The maximum Gasteiger partial charge on any atom is 0.237 e. The van der Waals surface area contributed by atoms with Gasteiger partial charge in [-0.3, -0.25) is 0 Å². The first-order chi connectivity index (χ1) is 9.75. The highest BCUT2D eigenvalue weighted by Gasteiger charge is 2.08. The van der Waals surface area contributed by atoms with E-state index in [4.69, 9.17) is 5.73 Å². The Morgan fingerprint density at radius 3 is 2.35 bits per heavy atom. The minimum absolute atomic E-state index is 0.255. The minimum atomic E-state index is 0.255. The molecule has 4 N–H and O–H groups in total. The van der Waals surface area contributed by atoms with Crippen molar-refractivity contribution in [2.45, 2.75) is 0 Å². The van der Waals surface area contributed by atoms with E-state index in [1.807, 2.05) is 42.5 Å². The molecule has 0 aliphatic rings. The van der Waals surface area contributed by atoms with Crippen LogP contribution in [0.5, 0.6) is 5.75 Å². The van der Waals surface area contributed by atoms with E-state index in [1.54, 1.807) is 18.2 Å². The lowest BCUT2D eigenvalue weighted by Crippen LogP contribution is -2.57. The molecule has 3 aromatic rings. The lowest BCUT2D eigenvalue weighted by Gasteiger charge is -2.00. The molecule has 0 atom stereocenters. The summed E-state index contributed by atoms with van der Waals surface area (Å²) in [6.45, 7) is 0. The quantitative estimate of drug-likeness (QED) is 0.378. The molecule has 3 aromatic carbocycles. The van der Waals surface area contributed by atoms with Crippen molar-refractivity contribution in [2.75, 3.05) is 5.73 Å². The van der Waals surface area contributed by atoms with Gasteiger partial charge in [-0.05, 0) is 24.3 Å². The number of phenolic OH excluding ortho intramolecular Hbond substituents is 1. The van der Waals surface area contributed by atoms with Gasteiger partial charge in [-0.25, -0.2) is 0 Å². The first kappa shape index (κ1) is 12.2. The fourth-order valence-corrected chi connectivity index (χ4v) is 2.09. The van der Waals surface area contributed by atoms with E-state index in [-0.39, 0.29) is 5.75 Å². The number of rotatable bonds is 2. The second kappa shape index (κ2) is 5.01. The van der Waals surface area contributed by atoms with Gasteiger partial charge in [0.2, 0.25) is 5.69 Å². The number of nitrogens with one attached hydrogen (secondary N) is 1. The summed E-state index contributed by atoms with van der Waals surface area (Å²) in [6, 6.07) is 18.4. The monoisotopic (exact) mass is 264 g/mol. The van der Waals surface area contributed by atoms with E-state index >= 15 is 0 Å². The highest BCUT2D eigenvalue weighted by atomic mass is 16.3. The molecule has 0 saturated carbocycles. The second-order valence-electron chi connectivity index (χ2n) is 4.46. The second-order valence-corrected chi connectivity index (χ2v) is 4.46. The van der Waals surface area contributed by atoms with E-state index in [1.165, 1.54) is 0 Å². The van der Waals surface area contributed by atoms with Gasteiger partial charge in [0.05, 0.1) is 11.1 Å². The predicted molar refractivity (Wildman–Crippen MR) is 79.2 cm³/mol. The molecular formula is C16H14N3O+. The molecule has 4 nitrogen and oxygen atoms in total. The van der Waals surface area contributed by atoms with Crippen LogP contribution in [0, 0.1) is 0 Å². The Hall–Kier alpha value is -2.88. The van der Waals surface area contributed by atoms with E-state index in [9.17, 15) is 5.11 Å². The van der Waals surface area contributed by atoms with Crippen molar-refractivity contribution in [1.82, 2.24) is 0 Å². The Bertz CT molecular complexity index is 797. The number of nitrogens with zero attached hydrogens (tertiary/aromatic N) is 1. The van der Waals surface area contributed by atoms with Crippen molar-refractivity contribution in [2.24, 2.45) is 5.11 Å². The van der Waals surface area contributed by atoms with Crippen LogP contribution in [-0.2, 0) is 0 Å². The number of nitrogen functional groups attached to an aromatic ring is 1. The standard InChI is InChI=1S/C16H13N3O/c17-13-7-3-4-8-15(13)19-18-14-9-10-16(20)12-6-2-1-5-11(12)14/h1-10,20H,17H2/p+1. The summed E-state index contributed by atoms with van der Waals surface area (Å²) in [7, 11) is 0. The van der Waals surface area contributed by atoms with Gasteiger partial charge < -0.3 is 10.8 Å². The van der Waals surface area contributed by atoms with E-state index in [0.717, 1.165) is 16.5 Å². The van der Waals surface area contributed by atoms with Crippen molar-refractivity contribution in [3.63, 3.8) is 0 Å². The van der Waals surface area contributed by atoms with Crippen LogP contribution in [0.25, 0.3) is 10.8 Å². The summed E-state index contributed by atoms with van der Waals surface area (Å²) in [5.41, 5.74) is 7.97. The van der Waals surface area contributed by atoms with Crippen LogP contribution in [-0.4, -0.2) is 5.11 Å². The van der Waals surface area contributed by atoms with Crippen molar-refractivity contribution in [1.29, 1.82) is 0 Å². The average Bonchev–Trinajstić information content (AvgIpc) is 2.48. The molecule has 0 bridgehead atoms. The molecule has 0 amide bonds. The van der Waals surface area contributed by atoms with Gasteiger partial charge in [0, 0.05) is 16.6 Å². The van der Waals surface area contributed by atoms with Crippen molar-refractivity contribution < 1.29 is 10.2 Å². The smallest absolute Gasteiger partial charge is 0.237 e. The zero-order chi connectivity index (χ0) is 13.9. The molecule has 3 rings (SSSR count). The summed E-state index contributed by atoms with van der Waals surface area (Å²) in [4.78, 5) is 0. The fourth-order valence-electron chi connectivity index (χ4n) is 2.09. The molecule has 0 unspecified atom stereocenters. The van der Waals surface area contributed by atoms with Gasteiger partial charge in [0.1, 0.15) is 5.75 Å². The van der Waals surface area contributed by atoms with Gasteiger partial charge >= 0.3 is 0 Å². The SMILES string of the molecule is Nc1ccccc1N=[NH+]c1ccc(O)c2ccccc12. The number of anilines is 1. The largest absolute Gasteiger partial charge is 0.507 e. The molecule has 0 fully saturated rings. The number of nitrogens with two attached hydrogens (primary N) is 1. The zero-order valence-corrected chi connectivity index (χ0v) is 10.7. The summed E-state index contributed by atoms with van der Waals surface area (Å²) in [5, 5.41) is 18.8. The maximum absolute atomic E-state index is 9.85. The first-order valence-corrected chi connectivity index (χ1v) is 6.27. The summed E-state index contributed by atoms with van der Waals surface area (Å²) in [5.74, 6) is 0.255. The Kier molecular flexibility index (Phi) is 3.05. The number of fused-ring (bicyclic) bond motifs is 1. The summed E-state index contributed by atoms with van der Waals surface area (Å²) >= 11 is 0. The summed E-state index contributed by atoms with van der Waals surface area (Å²) in [6.07, 6.45) is 0. The Morgan fingerprint density at radius 2 is 1.55 bits per heavy atom. The van der Waals surface area contributed by atoms with Gasteiger partial charge in [-0.2, -0.15) is 0 Å². The number of phenols is 1. The molecule has 0 aliphatic carbocycles. The minimum Gasteiger partial charge on any atom is -0.507 e. The number of hydrogen-bond donors (Lipinski definition) is 3. The molecule has 0 spiro atoms. The fraction of sp³-hybridized carbons (Fsp3) is 0. The molecular weight excluding hydrogens is 250 g/mol. The van der Waals surface area contributed by atoms with Crippen LogP contribution in [0.15, 0.2) is 65.8 Å². The third-order valence-corrected chi connectivity index (χ3v) is 3.13. The Morgan fingerprint density at radius 1 is 0.850 bits per heavy atom. The van der Waals surface area contributed by atoms with Crippen LogP contribution < -0.4 is 10.8 Å². The Labute approximate surface area is 116 Å². The van der Waals surface area contributed by atoms with Crippen LogP contribution in [0.4, 0.5) is 17.1 Å². The van der Waals surface area contributed by atoms with Gasteiger partial charge in [-0.1, -0.05) is 35.4 Å². The highest BCUT2D eigenvalue weighted by Crippen LogP contribution is 2.28. The van der Waals surface area contributed by atoms with Crippen molar-refractivity contribution >= 4 is 27.8 Å². The van der Waals surface area contributed by atoms with Crippen LogP contribution in [0.3, 0.4) is 0 Å². The molecule has 0 aliphatic heterocycles. The van der Waals surface area contributed by atoms with E-state index < -0.39 is 0 Å². The van der Waals surface area contributed by atoms with Crippen molar-refractivity contribution in [3.8, 4) is 5.75 Å². The van der Waals surface area contributed by atoms with Crippen LogP contribution >= 0.6 is 0 Å². The summed E-state index contributed by atoms with van der Waals surface area (Å²) < 4.78 is 0. The maximum atomic E-state index is 9.85. The Balaban J connectivity index is 2.08. The molecule has 20 heavy (non-hydrogen) atoms. The van der Waals surface area contributed by atoms with E-state index in [2.05, 4.69) is 10.2 Å². The number of para-hydroxylation sites is 2. The van der Waals surface area contributed by atoms with Gasteiger partial charge in [0.25, 0.3) is 0 Å². The van der Waals surface area contributed by atoms with Crippen molar-refractivity contribution in [3.05, 3.63) is 60.7 Å². The predicted octanol–water partition coefficient (Wildman–Crippen LogP) is 2.62. The lowest BCUT2D eigenvalue weighted by molar-refractivity contribution is -0.431. The topological polar surface area (TPSA) is 72.6 Å². The third-order valence-electron chi connectivity index (χ3n) is 3.13. The lowest BCUT2D eigenvalue weighted by atomic mass is 10.1. The van der Waals surface area contributed by atoms with E-state index in [0.29, 0.717) is 11.4 Å². The average molecular weight is 264 g/mol. The van der Waals surface area contributed by atoms with Gasteiger partial charge in [-0.15, -0.1) is 0 Å². The first-order valence-electron chi connectivity index (χ1n) is 6.27. The number of benzene rings is 3. The van der Waals surface area contributed by atoms with Crippen LogP contribution in [0.2, 0.25) is 0 Å². The number of azo groups is 1. The molecule has 4 heteroatoms. The molecule has 0 heterocycles. The third kappa shape index (κ3) is 2.19. The molecule has 0 saturated heterocycles. The van der Waals surface area contributed by atoms with Crippen LogP contribution in [0.1, 0.15) is 0 Å². The molecule has 0 radical (unpaired) electrons. The molecule has 0 aromatic heterocycles. The number of aromatic hydroxyl groups is 1. The number of hydrogen-bond acceptors (Lipinski definition) is 3. The zero-order valence-electron chi connectivity index (χ0n) is 10.7. The normalized spacial score (nSPS) is 11.2. The highest BCUT2D eigenvalue weighted by molar-refractivity contribution is 5.94. The molecule has 98 valence electrons. The van der Waals surface area contributed by atoms with Gasteiger partial charge in [0.15, 0.2) is 5.69 Å².